The zero-order valence-corrected chi connectivity index (χ0v) is 17.0. The number of hydrogen-bond acceptors (Lipinski definition) is 6. The molecule has 3 aromatic rings. The van der Waals surface area contributed by atoms with Gasteiger partial charge in [-0.25, -0.2) is 0 Å². The number of thiocarbonyl (C=S) groups is 1. The monoisotopic (exact) mass is 418 g/mol. The van der Waals surface area contributed by atoms with E-state index in [-0.39, 0.29) is 16.8 Å². The van der Waals surface area contributed by atoms with Crippen molar-refractivity contribution in [2.24, 2.45) is 0 Å². The number of unbranched alkanes of at least 4 members (excludes halogenated alkanes) is 1. The number of rotatable bonds is 6. The highest BCUT2D eigenvalue weighted by molar-refractivity contribution is 7.80. The van der Waals surface area contributed by atoms with Crippen LogP contribution in [0.15, 0.2) is 34.7 Å². The number of aromatic nitrogens is 4. The molecule has 0 fully saturated rings. The molecular formula is C18H19ClN6O2S. The number of anilines is 1. The van der Waals surface area contributed by atoms with E-state index in [1.165, 1.54) is 4.80 Å². The van der Waals surface area contributed by atoms with Crippen molar-refractivity contribution in [2.75, 3.05) is 5.32 Å². The third-order valence-electron chi connectivity index (χ3n) is 3.90. The predicted octanol–water partition coefficient (Wildman–Crippen LogP) is 3.82. The summed E-state index contributed by atoms with van der Waals surface area (Å²) < 4.78 is 5.62. The smallest absolute Gasteiger partial charge is 0.293 e. The van der Waals surface area contributed by atoms with Crippen LogP contribution < -0.4 is 10.6 Å². The quantitative estimate of drug-likeness (QED) is 0.587. The van der Waals surface area contributed by atoms with Gasteiger partial charge >= 0.3 is 0 Å². The summed E-state index contributed by atoms with van der Waals surface area (Å²) in [6.45, 7) is 4.66. The Labute approximate surface area is 172 Å². The molecule has 0 aliphatic rings. The van der Waals surface area contributed by atoms with Crippen molar-refractivity contribution < 1.29 is 9.21 Å². The minimum atomic E-state index is -0.486. The number of furan rings is 1. The van der Waals surface area contributed by atoms with E-state index in [4.69, 9.17) is 28.2 Å². The fourth-order valence-corrected chi connectivity index (χ4v) is 2.71. The highest BCUT2D eigenvalue weighted by atomic mass is 35.5. The molecule has 0 saturated carbocycles. The third-order valence-corrected chi connectivity index (χ3v) is 4.51. The van der Waals surface area contributed by atoms with Gasteiger partial charge in [-0.1, -0.05) is 42.2 Å². The van der Waals surface area contributed by atoms with E-state index in [2.05, 4.69) is 33.0 Å². The molecule has 0 aliphatic carbocycles. The Morgan fingerprint density at radius 2 is 2.14 bits per heavy atom. The number of amides is 1. The van der Waals surface area contributed by atoms with Crippen LogP contribution in [0.3, 0.4) is 0 Å². The zero-order chi connectivity index (χ0) is 20.1. The van der Waals surface area contributed by atoms with Crippen molar-refractivity contribution in [3.63, 3.8) is 0 Å². The summed E-state index contributed by atoms with van der Waals surface area (Å²) in [4.78, 5) is 13.8. The second kappa shape index (κ2) is 8.94. The molecule has 1 aromatic carbocycles. The number of tetrazole rings is 1. The summed E-state index contributed by atoms with van der Waals surface area (Å²) in [5, 5.41) is 17.8. The van der Waals surface area contributed by atoms with Crippen LogP contribution in [0.4, 0.5) is 5.95 Å². The third kappa shape index (κ3) is 4.93. The van der Waals surface area contributed by atoms with Crippen molar-refractivity contribution in [3.8, 4) is 11.3 Å². The van der Waals surface area contributed by atoms with Crippen molar-refractivity contribution in [3.05, 3.63) is 46.7 Å². The number of carbonyl (C=O) groups is 1. The first-order chi connectivity index (χ1) is 13.5. The van der Waals surface area contributed by atoms with Gasteiger partial charge in [0.1, 0.15) is 5.76 Å². The van der Waals surface area contributed by atoms with E-state index in [1.807, 2.05) is 19.1 Å². The summed E-state index contributed by atoms with van der Waals surface area (Å²) in [6.07, 6.45) is 1.97. The molecule has 2 heterocycles. The number of hydrogen-bond donors (Lipinski definition) is 2. The average Bonchev–Trinajstić information content (AvgIpc) is 3.32. The molecular weight excluding hydrogens is 400 g/mol. The van der Waals surface area contributed by atoms with Crippen LogP contribution >= 0.6 is 23.8 Å². The van der Waals surface area contributed by atoms with E-state index < -0.39 is 5.91 Å². The van der Waals surface area contributed by atoms with Gasteiger partial charge in [-0.3, -0.25) is 15.4 Å². The molecule has 1 amide bonds. The van der Waals surface area contributed by atoms with Gasteiger partial charge in [-0.2, -0.15) is 4.80 Å². The molecule has 2 aromatic heterocycles. The molecule has 2 N–H and O–H groups in total. The van der Waals surface area contributed by atoms with E-state index in [1.54, 1.807) is 18.2 Å². The summed E-state index contributed by atoms with van der Waals surface area (Å²) in [5.74, 6) is 0.387. The molecule has 8 nitrogen and oxygen atoms in total. The first kappa shape index (κ1) is 20.0. The molecule has 0 unspecified atom stereocenters. The van der Waals surface area contributed by atoms with Crippen molar-refractivity contribution in [2.45, 2.75) is 33.2 Å². The van der Waals surface area contributed by atoms with Gasteiger partial charge in [0.05, 0.1) is 6.54 Å². The van der Waals surface area contributed by atoms with Crippen LogP contribution in [0.25, 0.3) is 11.3 Å². The molecule has 0 saturated heterocycles. The summed E-state index contributed by atoms with van der Waals surface area (Å²) in [7, 11) is 0. The van der Waals surface area contributed by atoms with Gasteiger partial charge in [-0.05, 0) is 54.5 Å². The van der Waals surface area contributed by atoms with Crippen LogP contribution in [0, 0.1) is 6.92 Å². The average molecular weight is 419 g/mol. The van der Waals surface area contributed by atoms with Crippen LogP contribution in [-0.4, -0.2) is 31.2 Å². The fraction of sp³-hybridized carbons (Fsp3) is 0.278. The Bertz CT molecular complexity index is 1000. The van der Waals surface area contributed by atoms with E-state index in [9.17, 15) is 4.79 Å². The van der Waals surface area contributed by atoms with E-state index >= 15 is 0 Å². The largest absolute Gasteiger partial charge is 0.451 e. The Kier molecular flexibility index (Phi) is 6.37. The van der Waals surface area contributed by atoms with Crippen molar-refractivity contribution >= 4 is 40.8 Å². The van der Waals surface area contributed by atoms with E-state index in [0.717, 1.165) is 24.0 Å². The van der Waals surface area contributed by atoms with E-state index in [0.29, 0.717) is 17.3 Å². The van der Waals surface area contributed by atoms with Gasteiger partial charge in [0.25, 0.3) is 11.9 Å². The topological polar surface area (TPSA) is 97.9 Å². The number of nitrogens with one attached hydrogen (secondary N) is 2. The minimum Gasteiger partial charge on any atom is -0.451 e. The Balaban J connectivity index is 1.60. The molecule has 0 radical (unpaired) electrons. The fourth-order valence-electron chi connectivity index (χ4n) is 2.35. The van der Waals surface area contributed by atoms with Gasteiger partial charge in [0, 0.05) is 10.6 Å². The Hall–Kier alpha value is -2.78. The minimum absolute atomic E-state index is 0.0522. The number of carbonyl (C=O) groups excluding carboxylic acids is 1. The maximum atomic E-state index is 12.3. The number of aryl methyl sites for hydroxylation is 2. The number of halogens is 1. The summed E-state index contributed by atoms with van der Waals surface area (Å²) in [6, 6.07) is 8.83. The Morgan fingerprint density at radius 1 is 1.32 bits per heavy atom. The Morgan fingerprint density at radius 3 is 2.89 bits per heavy atom. The second-order valence-corrected chi connectivity index (χ2v) is 6.91. The molecule has 3 rings (SSSR count). The highest BCUT2D eigenvalue weighted by Gasteiger charge is 2.15. The second-order valence-electron chi connectivity index (χ2n) is 6.10. The van der Waals surface area contributed by atoms with Gasteiger partial charge in [-0.15, -0.1) is 5.10 Å². The van der Waals surface area contributed by atoms with Crippen molar-refractivity contribution in [1.29, 1.82) is 0 Å². The normalized spacial score (nSPS) is 10.7. The SMILES string of the molecule is CCCCn1nnc(NC(=S)NC(=O)c2ccc(-c3ccc(C)c(Cl)c3)o2)n1. The zero-order valence-electron chi connectivity index (χ0n) is 15.4. The first-order valence-corrected chi connectivity index (χ1v) is 9.51. The maximum absolute atomic E-state index is 12.3. The standard InChI is InChI=1S/C18H19ClN6O2S/c1-3-4-9-25-23-17(22-24-25)21-18(28)20-16(26)15-8-7-14(27-15)12-6-5-11(2)13(19)10-12/h5-8,10H,3-4,9H2,1-2H3,(H2,20,21,23,26,28). The molecule has 0 spiro atoms. The number of benzene rings is 1. The lowest BCUT2D eigenvalue weighted by molar-refractivity contribution is 0.0951. The molecule has 10 heteroatoms. The number of nitrogens with zero attached hydrogens (tertiary/aromatic N) is 4. The van der Waals surface area contributed by atoms with Gasteiger partial charge < -0.3 is 4.42 Å². The summed E-state index contributed by atoms with van der Waals surface area (Å²) >= 11 is 11.3. The molecule has 0 aliphatic heterocycles. The lowest BCUT2D eigenvalue weighted by Gasteiger charge is -2.05. The molecule has 0 bridgehead atoms. The van der Waals surface area contributed by atoms with Crippen LogP contribution in [0.2, 0.25) is 5.02 Å². The van der Waals surface area contributed by atoms with Gasteiger partial charge in [0.15, 0.2) is 10.9 Å². The van der Waals surface area contributed by atoms with Crippen molar-refractivity contribution in [1.82, 2.24) is 25.5 Å². The van der Waals surface area contributed by atoms with Gasteiger partial charge in [0.2, 0.25) is 0 Å². The maximum Gasteiger partial charge on any atom is 0.293 e. The first-order valence-electron chi connectivity index (χ1n) is 8.72. The highest BCUT2D eigenvalue weighted by Crippen LogP contribution is 2.26. The van der Waals surface area contributed by atoms with Crippen LogP contribution in [-0.2, 0) is 6.54 Å². The van der Waals surface area contributed by atoms with Crippen LogP contribution in [0.5, 0.6) is 0 Å². The van der Waals surface area contributed by atoms with Crippen LogP contribution in [0.1, 0.15) is 35.9 Å². The summed E-state index contributed by atoms with van der Waals surface area (Å²) in [5.41, 5.74) is 1.75. The predicted molar refractivity (Wildman–Crippen MR) is 110 cm³/mol. The molecule has 28 heavy (non-hydrogen) atoms. The molecule has 146 valence electrons. The lowest BCUT2D eigenvalue weighted by Crippen LogP contribution is -2.34. The molecule has 0 atom stereocenters. The lowest BCUT2D eigenvalue weighted by atomic mass is 10.1.